The molecule has 1 aliphatic rings. The Morgan fingerprint density at radius 1 is 1.24 bits per heavy atom. The van der Waals surface area contributed by atoms with E-state index in [-0.39, 0.29) is 11.2 Å². The van der Waals surface area contributed by atoms with E-state index in [1.165, 1.54) is 9.13 Å². The second-order valence-corrected chi connectivity index (χ2v) is 3.62. The van der Waals surface area contributed by atoms with Gasteiger partial charge in [0.05, 0.1) is 6.67 Å². The number of hydrogen-bond acceptors (Lipinski definition) is 4. The van der Waals surface area contributed by atoms with Crippen molar-refractivity contribution in [2.75, 3.05) is 23.9 Å². The van der Waals surface area contributed by atoms with Crippen LogP contribution >= 0.6 is 0 Å². The smallest absolute Gasteiger partial charge is 0.332 e. The standard InChI is InChI=1S/C9H14N4O2.C2H6/c1-4-13-8(14)6-7(10-5-11(6)2)12(3)9(13)15;1-2/h10H,4-5H2,1-3H3;1-2H3. The summed E-state index contributed by atoms with van der Waals surface area (Å²) in [5, 5.41) is 3.03. The molecule has 0 fully saturated rings. The van der Waals surface area contributed by atoms with Gasteiger partial charge in [-0.25, -0.2) is 4.79 Å². The Morgan fingerprint density at radius 2 is 1.82 bits per heavy atom. The lowest BCUT2D eigenvalue weighted by molar-refractivity contribution is 0.629. The molecule has 0 saturated heterocycles. The molecule has 0 saturated carbocycles. The lowest BCUT2D eigenvalue weighted by Crippen LogP contribution is -2.39. The molecule has 1 aromatic rings. The predicted octanol–water partition coefficient (Wildman–Crippen LogP) is 0.412. The molecule has 1 aromatic heterocycles. The van der Waals surface area contributed by atoms with Crippen LogP contribution in [0.4, 0.5) is 11.5 Å². The van der Waals surface area contributed by atoms with E-state index in [0.717, 1.165) is 0 Å². The summed E-state index contributed by atoms with van der Waals surface area (Å²) < 4.78 is 2.71. The van der Waals surface area contributed by atoms with Gasteiger partial charge < -0.3 is 10.2 Å². The number of rotatable bonds is 1. The van der Waals surface area contributed by atoms with Gasteiger partial charge in [-0.15, -0.1) is 0 Å². The Balaban J connectivity index is 0.000000686. The molecule has 0 aromatic carbocycles. The first-order valence-corrected chi connectivity index (χ1v) is 5.86. The number of aromatic nitrogens is 2. The van der Waals surface area contributed by atoms with Gasteiger partial charge >= 0.3 is 5.69 Å². The quantitative estimate of drug-likeness (QED) is 0.772. The minimum atomic E-state index is -0.274. The third-order valence-electron chi connectivity index (χ3n) is 2.71. The van der Waals surface area contributed by atoms with Crippen molar-refractivity contribution in [3.63, 3.8) is 0 Å². The van der Waals surface area contributed by atoms with Gasteiger partial charge in [0.15, 0.2) is 0 Å². The number of nitrogens with one attached hydrogen (secondary N) is 1. The minimum absolute atomic E-state index is 0.219. The van der Waals surface area contributed by atoms with Crippen molar-refractivity contribution in [3.05, 3.63) is 20.8 Å². The minimum Gasteiger partial charge on any atom is -0.352 e. The maximum Gasteiger partial charge on any atom is 0.332 e. The van der Waals surface area contributed by atoms with Gasteiger partial charge in [-0.3, -0.25) is 13.9 Å². The third-order valence-corrected chi connectivity index (χ3v) is 2.71. The third kappa shape index (κ3) is 1.94. The highest BCUT2D eigenvalue weighted by atomic mass is 16.2. The van der Waals surface area contributed by atoms with E-state index < -0.39 is 0 Å². The van der Waals surface area contributed by atoms with E-state index in [4.69, 9.17) is 0 Å². The summed E-state index contributed by atoms with van der Waals surface area (Å²) in [5.41, 5.74) is 0.0751. The summed E-state index contributed by atoms with van der Waals surface area (Å²) in [6, 6.07) is 0. The fourth-order valence-electron chi connectivity index (χ4n) is 1.85. The summed E-state index contributed by atoms with van der Waals surface area (Å²) in [6.07, 6.45) is 0. The normalized spacial score (nSPS) is 12.6. The van der Waals surface area contributed by atoms with E-state index in [0.29, 0.717) is 24.7 Å². The molecule has 0 unspecified atom stereocenters. The first-order valence-electron chi connectivity index (χ1n) is 5.86. The maximum atomic E-state index is 11.9. The number of anilines is 2. The fraction of sp³-hybridized carbons (Fsp3) is 0.636. The van der Waals surface area contributed by atoms with Gasteiger partial charge in [0.1, 0.15) is 11.5 Å². The molecule has 6 nitrogen and oxygen atoms in total. The van der Waals surface area contributed by atoms with Gasteiger partial charge in [0.25, 0.3) is 5.56 Å². The Hall–Kier alpha value is -1.72. The van der Waals surface area contributed by atoms with Gasteiger partial charge in [-0.1, -0.05) is 13.8 Å². The Morgan fingerprint density at radius 3 is 2.35 bits per heavy atom. The van der Waals surface area contributed by atoms with Crippen LogP contribution in [0.15, 0.2) is 9.59 Å². The molecule has 0 radical (unpaired) electrons. The van der Waals surface area contributed by atoms with Crippen LogP contribution in [0.2, 0.25) is 0 Å². The first-order chi connectivity index (χ1) is 8.07. The van der Waals surface area contributed by atoms with Crippen LogP contribution in [-0.2, 0) is 13.6 Å². The van der Waals surface area contributed by atoms with Crippen molar-refractivity contribution < 1.29 is 0 Å². The van der Waals surface area contributed by atoms with Crippen LogP contribution in [0, 0.1) is 0 Å². The molecule has 6 heteroatoms. The second kappa shape index (κ2) is 5.07. The van der Waals surface area contributed by atoms with Crippen LogP contribution in [0.3, 0.4) is 0 Å². The molecule has 0 spiro atoms. The van der Waals surface area contributed by atoms with Crippen molar-refractivity contribution in [3.8, 4) is 0 Å². The van der Waals surface area contributed by atoms with Crippen LogP contribution < -0.4 is 21.5 Å². The average molecular weight is 240 g/mol. The number of nitrogens with zero attached hydrogens (tertiary/aromatic N) is 3. The zero-order valence-electron chi connectivity index (χ0n) is 11.1. The van der Waals surface area contributed by atoms with Crippen LogP contribution in [-0.4, -0.2) is 22.9 Å². The van der Waals surface area contributed by atoms with E-state index in [1.807, 2.05) is 25.8 Å². The van der Waals surface area contributed by atoms with Gasteiger partial charge in [-0.05, 0) is 6.92 Å². The molecule has 96 valence electrons. The molecular formula is C11H20N4O2. The lowest BCUT2D eigenvalue weighted by atomic mass is 10.4. The first kappa shape index (κ1) is 13.3. The predicted molar refractivity (Wildman–Crippen MR) is 69.9 cm³/mol. The molecule has 2 heterocycles. The SMILES string of the molecule is CC.CCn1c(=O)c2c(n(C)c1=O)NCN2C. The van der Waals surface area contributed by atoms with Crippen molar-refractivity contribution >= 4 is 11.5 Å². The largest absolute Gasteiger partial charge is 0.352 e. The van der Waals surface area contributed by atoms with E-state index in [9.17, 15) is 9.59 Å². The summed E-state index contributed by atoms with van der Waals surface area (Å²) in [4.78, 5) is 25.5. The van der Waals surface area contributed by atoms with E-state index >= 15 is 0 Å². The monoisotopic (exact) mass is 240 g/mol. The zero-order valence-corrected chi connectivity index (χ0v) is 11.1. The van der Waals surface area contributed by atoms with Crippen LogP contribution in [0.5, 0.6) is 0 Å². The van der Waals surface area contributed by atoms with Crippen molar-refractivity contribution in [1.29, 1.82) is 0 Å². The fourth-order valence-corrected chi connectivity index (χ4v) is 1.85. The highest BCUT2D eigenvalue weighted by Crippen LogP contribution is 2.23. The number of hydrogen-bond donors (Lipinski definition) is 1. The Kier molecular flexibility index (Phi) is 3.98. The summed E-state index contributed by atoms with van der Waals surface area (Å²) in [6.45, 7) is 6.75. The van der Waals surface area contributed by atoms with Crippen molar-refractivity contribution in [1.82, 2.24) is 9.13 Å². The second-order valence-electron chi connectivity index (χ2n) is 3.62. The molecule has 2 rings (SSSR count). The van der Waals surface area contributed by atoms with E-state index in [1.54, 1.807) is 14.0 Å². The lowest BCUT2D eigenvalue weighted by Gasteiger charge is -2.12. The molecule has 0 bridgehead atoms. The maximum absolute atomic E-state index is 11.9. The Bertz CT molecular complexity index is 515. The topological polar surface area (TPSA) is 59.3 Å². The average Bonchev–Trinajstić information content (AvgIpc) is 2.72. The molecule has 0 aliphatic carbocycles. The van der Waals surface area contributed by atoms with E-state index in [2.05, 4.69) is 5.32 Å². The van der Waals surface area contributed by atoms with Gasteiger partial charge in [-0.2, -0.15) is 0 Å². The molecule has 1 aliphatic heterocycles. The highest BCUT2D eigenvalue weighted by molar-refractivity contribution is 5.69. The summed E-state index contributed by atoms with van der Waals surface area (Å²) in [5.74, 6) is 0.609. The molecule has 17 heavy (non-hydrogen) atoms. The Labute approximate surface area is 100 Å². The summed E-state index contributed by atoms with van der Waals surface area (Å²) >= 11 is 0. The molecule has 1 N–H and O–H groups in total. The molecule has 0 atom stereocenters. The molecule has 0 amide bonds. The molecular weight excluding hydrogens is 220 g/mol. The van der Waals surface area contributed by atoms with Crippen LogP contribution in [0.25, 0.3) is 0 Å². The summed E-state index contributed by atoms with van der Waals surface area (Å²) in [7, 11) is 3.49. The highest BCUT2D eigenvalue weighted by Gasteiger charge is 2.24. The van der Waals surface area contributed by atoms with Crippen LogP contribution in [0.1, 0.15) is 20.8 Å². The number of fused-ring (bicyclic) bond motifs is 1. The van der Waals surface area contributed by atoms with Gasteiger partial charge in [0.2, 0.25) is 0 Å². The zero-order chi connectivity index (χ0) is 13.2. The van der Waals surface area contributed by atoms with Crippen molar-refractivity contribution in [2.45, 2.75) is 27.3 Å². The van der Waals surface area contributed by atoms with Crippen molar-refractivity contribution in [2.24, 2.45) is 7.05 Å². The van der Waals surface area contributed by atoms with Gasteiger partial charge in [0, 0.05) is 20.6 Å².